The Balaban J connectivity index is 2.25. The summed E-state index contributed by atoms with van der Waals surface area (Å²) in [5.74, 6) is -0.434. The van der Waals surface area contributed by atoms with Gasteiger partial charge in [-0.25, -0.2) is 8.91 Å². The lowest BCUT2D eigenvalue weighted by Crippen LogP contribution is -2.42. The number of fused-ring (bicyclic) bond motifs is 1. The molecule has 0 spiro atoms. The van der Waals surface area contributed by atoms with Crippen molar-refractivity contribution in [1.82, 2.24) is 14.9 Å². The summed E-state index contributed by atoms with van der Waals surface area (Å²) < 4.78 is 15.5. The molecule has 1 amide bonds. The first-order chi connectivity index (χ1) is 10.7. The number of nitrogens with zero attached hydrogens (tertiary/aromatic N) is 2. The van der Waals surface area contributed by atoms with Crippen molar-refractivity contribution in [3.05, 3.63) is 30.1 Å². The van der Waals surface area contributed by atoms with E-state index in [-0.39, 0.29) is 12.6 Å². The Kier molecular flexibility index (Phi) is 4.89. The highest BCUT2D eigenvalue weighted by Gasteiger charge is 2.27. The minimum atomic E-state index is -1.56. The number of rotatable bonds is 6. The molecule has 1 unspecified atom stereocenters. The smallest absolute Gasteiger partial charge is 0.255 e. The molecule has 126 valence electrons. The monoisotopic (exact) mass is 322 g/mol. The standard InChI is InChI=1S/C16H23FN4O2/c1-10(2)20-14-11(8-19-21-7-5-6-12(14)21)15(22)18-9-13(17)16(3,4)23/h5-8,10,13,20,23H,9H2,1-4H3,(H,18,22). The maximum absolute atomic E-state index is 13.8. The van der Waals surface area contributed by atoms with Gasteiger partial charge in [-0.15, -0.1) is 0 Å². The lowest BCUT2D eigenvalue weighted by Gasteiger charge is -2.23. The van der Waals surface area contributed by atoms with E-state index in [4.69, 9.17) is 0 Å². The number of halogens is 1. The van der Waals surface area contributed by atoms with E-state index in [1.807, 2.05) is 26.0 Å². The molecule has 7 heteroatoms. The quantitative estimate of drug-likeness (QED) is 0.760. The summed E-state index contributed by atoms with van der Waals surface area (Å²) in [6.45, 7) is 6.39. The van der Waals surface area contributed by atoms with E-state index in [0.29, 0.717) is 11.3 Å². The summed E-state index contributed by atoms with van der Waals surface area (Å²) in [6.07, 6.45) is 1.68. The van der Waals surface area contributed by atoms with Gasteiger partial charge in [-0.2, -0.15) is 5.10 Å². The average molecular weight is 322 g/mol. The number of alkyl halides is 1. The van der Waals surface area contributed by atoms with Gasteiger partial charge in [-0.05, 0) is 39.8 Å². The minimum Gasteiger partial charge on any atom is -0.387 e. The van der Waals surface area contributed by atoms with Crippen molar-refractivity contribution < 1.29 is 14.3 Å². The second kappa shape index (κ2) is 6.54. The zero-order valence-corrected chi connectivity index (χ0v) is 13.8. The first-order valence-electron chi connectivity index (χ1n) is 7.57. The highest BCUT2D eigenvalue weighted by atomic mass is 19.1. The molecule has 0 fully saturated rings. The van der Waals surface area contributed by atoms with E-state index >= 15 is 0 Å². The molecule has 3 N–H and O–H groups in total. The van der Waals surface area contributed by atoms with E-state index < -0.39 is 17.7 Å². The summed E-state index contributed by atoms with van der Waals surface area (Å²) in [4.78, 5) is 12.4. The van der Waals surface area contributed by atoms with Gasteiger partial charge in [0.2, 0.25) is 0 Å². The van der Waals surface area contributed by atoms with E-state index in [9.17, 15) is 14.3 Å². The molecule has 2 heterocycles. The Morgan fingerprint density at radius 2 is 2.17 bits per heavy atom. The predicted octanol–water partition coefficient (Wildman–Crippen LogP) is 1.99. The SMILES string of the molecule is CC(C)Nc1c(C(=O)NCC(F)C(C)(C)O)cnn2cccc12. The number of hydrogen-bond acceptors (Lipinski definition) is 4. The van der Waals surface area contributed by atoms with Crippen LogP contribution in [0.3, 0.4) is 0 Å². The van der Waals surface area contributed by atoms with Crippen molar-refractivity contribution in [3.8, 4) is 0 Å². The highest BCUT2D eigenvalue weighted by Crippen LogP contribution is 2.23. The van der Waals surface area contributed by atoms with Gasteiger partial charge < -0.3 is 15.7 Å². The number of amides is 1. The fraction of sp³-hybridized carbons (Fsp3) is 0.500. The van der Waals surface area contributed by atoms with Crippen molar-refractivity contribution in [3.63, 3.8) is 0 Å². The number of aliphatic hydroxyl groups is 1. The fourth-order valence-electron chi connectivity index (χ4n) is 2.13. The predicted molar refractivity (Wildman–Crippen MR) is 87.5 cm³/mol. The zero-order valence-electron chi connectivity index (χ0n) is 13.8. The molecule has 23 heavy (non-hydrogen) atoms. The summed E-state index contributed by atoms with van der Waals surface area (Å²) >= 11 is 0. The van der Waals surface area contributed by atoms with Gasteiger partial charge in [0.25, 0.3) is 5.91 Å². The van der Waals surface area contributed by atoms with Crippen LogP contribution in [0.25, 0.3) is 5.52 Å². The van der Waals surface area contributed by atoms with Crippen molar-refractivity contribution in [2.45, 2.75) is 45.5 Å². The molecule has 0 bridgehead atoms. The first-order valence-corrected chi connectivity index (χ1v) is 7.57. The van der Waals surface area contributed by atoms with Crippen LogP contribution in [-0.4, -0.2) is 45.0 Å². The number of nitrogens with one attached hydrogen (secondary N) is 2. The minimum absolute atomic E-state index is 0.118. The summed E-state index contributed by atoms with van der Waals surface area (Å²) in [7, 11) is 0. The third-order valence-corrected chi connectivity index (χ3v) is 3.45. The second-order valence-electron chi connectivity index (χ2n) is 6.40. The average Bonchev–Trinajstić information content (AvgIpc) is 2.92. The summed E-state index contributed by atoms with van der Waals surface area (Å²) in [5, 5.41) is 19.5. The van der Waals surface area contributed by atoms with E-state index in [2.05, 4.69) is 15.7 Å². The molecule has 0 saturated carbocycles. The number of aromatic nitrogens is 2. The van der Waals surface area contributed by atoms with Crippen LogP contribution < -0.4 is 10.6 Å². The van der Waals surface area contributed by atoms with E-state index in [0.717, 1.165) is 5.52 Å². The third kappa shape index (κ3) is 3.98. The molecule has 2 rings (SSSR count). The Hall–Kier alpha value is -2.15. The molecule has 0 aliphatic heterocycles. The van der Waals surface area contributed by atoms with Gasteiger partial charge >= 0.3 is 0 Å². The van der Waals surface area contributed by atoms with Crippen LogP contribution in [0.1, 0.15) is 38.1 Å². The third-order valence-electron chi connectivity index (χ3n) is 3.45. The van der Waals surface area contributed by atoms with Crippen LogP contribution in [0.2, 0.25) is 0 Å². The van der Waals surface area contributed by atoms with E-state index in [1.54, 1.807) is 10.7 Å². The molecule has 0 aromatic carbocycles. The maximum Gasteiger partial charge on any atom is 0.255 e. The van der Waals surface area contributed by atoms with Crippen molar-refractivity contribution in [1.29, 1.82) is 0 Å². The Labute approximate surface area is 134 Å². The zero-order chi connectivity index (χ0) is 17.2. The maximum atomic E-state index is 13.8. The topological polar surface area (TPSA) is 78.7 Å². The molecule has 2 aromatic heterocycles. The van der Waals surface area contributed by atoms with Crippen LogP contribution >= 0.6 is 0 Å². The van der Waals surface area contributed by atoms with Gasteiger partial charge in [0.15, 0.2) is 0 Å². The molecule has 6 nitrogen and oxygen atoms in total. The number of anilines is 1. The Morgan fingerprint density at radius 3 is 2.78 bits per heavy atom. The number of hydrogen-bond donors (Lipinski definition) is 3. The molecule has 0 radical (unpaired) electrons. The normalized spacial score (nSPS) is 13.3. The Morgan fingerprint density at radius 1 is 1.48 bits per heavy atom. The van der Waals surface area contributed by atoms with Crippen molar-refractivity contribution in [2.24, 2.45) is 0 Å². The lowest BCUT2D eigenvalue weighted by atomic mass is 10.0. The van der Waals surface area contributed by atoms with Crippen molar-refractivity contribution in [2.75, 3.05) is 11.9 Å². The van der Waals surface area contributed by atoms with Gasteiger partial charge in [0, 0.05) is 12.2 Å². The van der Waals surface area contributed by atoms with Crippen LogP contribution in [0.5, 0.6) is 0 Å². The van der Waals surface area contributed by atoms with Crippen LogP contribution in [-0.2, 0) is 0 Å². The molecule has 1 atom stereocenters. The molecule has 2 aromatic rings. The molecule has 0 aliphatic rings. The lowest BCUT2D eigenvalue weighted by molar-refractivity contribution is -0.00177. The molecule has 0 saturated heterocycles. The van der Waals surface area contributed by atoms with Gasteiger partial charge in [0.1, 0.15) is 6.17 Å². The van der Waals surface area contributed by atoms with E-state index in [1.165, 1.54) is 20.0 Å². The summed E-state index contributed by atoms with van der Waals surface area (Å²) in [6, 6.07) is 3.80. The highest BCUT2D eigenvalue weighted by molar-refractivity contribution is 6.02. The molecular formula is C16H23FN4O2. The van der Waals surface area contributed by atoms with Gasteiger partial charge in [0.05, 0.1) is 35.1 Å². The van der Waals surface area contributed by atoms with Gasteiger partial charge in [-0.1, -0.05) is 0 Å². The van der Waals surface area contributed by atoms with Crippen LogP contribution in [0.15, 0.2) is 24.5 Å². The fourth-order valence-corrected chi connectivity index (χ4v) is 2.13. The largest absolute Gasteiger partial charge is 0.387 e. The van der Waals surface area contributed by atoms with Crippen LogP contribution in [0.4, 0.5) is 10.1 Å². The molecular weight excluding hydrogens is 299 g/mol. The first kappa shape index (κ1) is 17.2. The summed E-state index contributed by atoms with van der Waals surface area (Å²) in [5.41, 5.74) is 0.255. The number of carbonyl (C=O) groups excluding carboxylic acids is 1. The Bertz CT molecular complexity index is 691. The van der Waals surface area contributed by atoms with Gasteiger partial charge in [-0.3, -0.25) is 4.79 Å². The number of carbonyl (C=O) groups is 1. The van der Waals surface area contributed by atoms with Crippen LogP contribution in [0, 0.1) is 0 Å². The molecule has 0 aliphatic carbocycles. The second-order valence-corrected chi connectivity index (χ2v) is 6.40. The van der Waals surface area contributed by atoms with Crippen molar-refractivity contribution >= 4 is 17.1 Å².